The van der Waals surface area contributed by atoms with Gasteiger partial charge in [0.05, 0.1) is 5.69 Å². The summed E-state index contributed by atoms with van der Waals surface area (Å²) in [5.41, 5.74) is 3.65. The number of aromatic nitrogens is 1. The molecule has 3 aromatic rings. The van der Waals surface area contributed by atoms with Crippen molar-refractivity contribution in [2.45, 2.75) is 18.7 Å². The first kappa shape index (κ1) is 17.5. The minimum atomic E-state index is -0.134. The quantitative estimate of drug-likeness (QED) is 0.585. The predicted molar refractivity (Wildman–Crippen MR) is 107 cm³/mol. The minimum absolute atomic E-state index is 0.134. The van der Waals surface area contributed by atoms with Gasteiger partial charge in [0.15, 0.2) is 5.13 Å². The Labute approximate surface area is 155 Å². The lowest BCUT2D eigenvalue weighted by atomic mass is 10.2. The van der Waals surface area contributed by atoms with Crippen LogP contribution in [0.2, 0.25) is 0 Å². The SMILES string of the molecule is CSc1cccc(NC(=O)c2sc(Nc3cccc(C)c3)nc2C)c1. The third-order valence-corrected chi connectivity index (χ3v) is 5.40. The molecule has 0 bridgehead atoms. The van der Waals surface area contributed by atoms with Gasteiger partial charge in [0, 0.05) is 16.3 Å². The zero-order valence-electron chi connectivity index (χ0n) is 14.3. The van der Waals surface area contributed by atoms with Gasteiger partial charge in [0.25, 0.3) is 5.91 Å². The van der Waals surface area contributed by atoms with Crippen LogP contribution in [0.15, 0.2) is 53.4 Å². The van der Waals surface area contributed by atoms with Crippen LogP contribution in [0.25, 0.3) is 0 Å². The van der Waals surface area contributed by atoms with Gasteiger partial charge >= 0.3 is 0 Å². The van der Waals surface area contributed by atoms with E-state index in [0.717, 1.165) is 22.0 Å². The van der Waals surface area contributed by atoms with Crippen molar-refractivity contribution in [1.29, 1.82) is 0 Å². The molecule has 1 amide bonds. The highest BCUT2D eigenvalue weighted by atomic mass is 32.2. The average molecular weight is 370 g/mol. The molecule has 0 aliphatic heterocycles. The number of carbonyl (C=O) groups excluding carboxylic acids is 1. The molecule has 0 unspecified atom stereocenters. The number of hydrogen-bond acceptors (Lipinski definition) is 5. The second-order valence-electron chi connectivity index (χ2n) is 5.61. The van der Waals surface area contributed by atoms with Crippen molar-refractivity contribution in [2.24, 2.45) is 0 Å². The molecular formula is C19H19N3OS2. The van der Waals surface area contributed by atoms with Gasteiger partial charge in [-0.25, -0.2) is 4.98 Å². The Morgan fingerprint density at radius 3 is 2.60 bits per heavy atom. The van der Waals surface area contributed by atoms with E-state index in [4.69, 9.17) is 0 Å². The Balaban J connectivity index is 1.76. The van der Waals surface area contributed by atoms with E-state index < -0.39 is 0 Å². The molecule has 0 spiro atoms. The highest BCUT2D eigenvalue weighted by Crippen LogP contribution is 2.27. The molecule has 1 aromatic heterocycles. The molecule has 6 heteroatoms. The van der Waals surface area contributed by atoms with E-state index in [0.29, 0.717) is 10.0 Å². The van der Waals surface area contributed by atoms with Crippen LogP contribution in [-0.4, -0.2) is 17.1 Å². The van der Waals surface area contributed by atoms with Crippen LogP contribution in [0.1, 0.15) is 20.9 Å². The summed E-state index contributed by atoms with van der Waals surface area (Å²) in [6, 6.07) is 15.9. The van der Waals surface area contributed by atoms with Crippen LogP contribution in [0, 0.1) is 13.8 Å². The largest absolute Gasteiger partial charge is 0.332 e. The van der Waals surface area contributed by atoms with E-state index in [1.54, 1.807) is 11.8 Å². The zero-order valence-corrected chi connectivity index (χ0v) is 15.9. The topological polar surface area (TPSA) is 54.0 Å². The summed E-state index contributed by atoms with van der Waals surface area (Å²) < 4.78 is 0. The van der Waals surface area contributed by atoms with Crippen LogP contribution in [0.5, 0.6) is 0 Å². The number of thiazole rings is 1. The molecule has 0 saturated heterocycles. The van der Waals surface area contributed by atoms with Crippen molar-refractivity contribution in [2.75, 3.05) is 16.9 Å². The average Bonchev–Trinajstić information content (AvgIpc) is 2.95. The molecule has 25 heavy (non-hydrogen) atoms. The summed E-state index contributed by atoms with van der Waals surface area (Å²) in [5, 5.41) is 6.93. The second kappa shape index (κ2) is 7.72. The summed E-state index contributed by atoms with van der Waals surface area (Å²) in [6.07, 6.45) is 2.01. The third kappa shape index (κ3) is 4.41. The van der Waals surface area contributed by atoms with Gasteiger partial charge in [-0.05, 0) is 56.0 Å². The van der Waals surface area contributed by atoms with Crippen LogP contribution in [0.3, 0.4) is 0 Å². The number of hydrogen-bond donors (Lipinski definition) is 2. The Kier molecular flexibility index (Phi) is 5.40. The van der Waals surface area contributed by atoms with Crippen LogP contribution in [-0.2, 0) is 0 Å². The van der Waals surface area contributed by atoms with Gasteiger partial charge in [-0.15, -0.1) is 11.8 Å². The number of nitrogens with one attached hydrogen (secondary N) is 2. The fourth-order valence-electron chi connectivity index (χ4n) is 2.40. The Morgan fingerprint density at radius 1 is 1.08 bits per heavy atom. The molecule has 0 atom stereocenters. The van der Waals surface area contributed by atoms with Crippen LogP contribution >= 0.6 is 23.1 Å². The smallest absolute Gasteiger partial charge is 0.267 e. The van der Waals surface area contributed by atoms with Gasteiger partial charge in [-0.1, -0.05) is 29.5 Å². The first-order valence-electron chi connectivity index (χ1n) is 7.81. The number of thioether (sulfide) groups is 1. The maximum absolute atomic E-state index is 12.6. The number of aryl methyl sites for hydroxylation is 2. The zero-order chi connectivity index (χ0) is 17.8. The van der Waals surface area contributed by atoms with Crippen molar-refractivity contribution in [3.8, 4) is 0 Å². The third-order valence-electron chi connectivity index (χ3n) is 3.60. The van der Waals surface area contributed by atoms with Gasteiger partial charge in [0.1, 0.15) is 4.88 Å². The lowest BCUT2D eigenvalue weighted by Gasteiger charge is -2.05. The molecule has 4 nitrogen and oxygen atoms in total. The standard InChI is InChI=1S/C19H19N3OS2/c1-12-6-4-7-14(10-12)22-19-20-13(2)17(25-19)18(23)21-15-8-5-9-16(11-15)24-3/h4-11H,1-3H3,(H,20,22)(H,21,23). The highest BCUT2D eigenvalue weighted by Gasteiger charge is 2.16. The Hall–Kier alpha value is -2.31. The number of rotatable bonds is 5. The Bertz CT molecular complexity index is 905. The van der Waals surface area contributed by atoms with E-state index >= 15 is 0 Å². The molecule has 1 heterocycles. The maximum Gasteiger partial charge on any atom is 0.267 e. The fourth-order valence-corrected chi connectivity index (χ4v) is 3.74. The number of anilines is 3. The molecule has 2 aromatic carbocycles. The van der Waals surface area contributed by atoms with E-state index in [1.807, 2.05) is 68.6 Å². The monoisotopic (exact) mass is 369 g/mol. The van der Waals surface area contributed by atoms with Gasteiger partial charge < -0.3 is 10.6 Å². The summed E-state index contributed by atoms with van der Waals surface area (Å²) in [4.78, 5) is 18.8. The van der Waals surface area contributed by atoms with Crippen LogP contribution < -0.4 is 10.6 Å². The lowest BCUT2D eigenvalue weighted by Crippen LogP contribution is -2.11. The van der Waals surface area contributed by atoms with Gasteiger partial charge in [-0.3, -0.25) is 4.79 Å². The van der Waals surface area contributed by atoms with Crippen molar-refractivity contribution in [3.63, 3.8) is 0 Å². The first-order valence-corrected chi connectivity index (χ1v) is 9.86. The molecule has 0 aliphatic carbocycles. The normalized spacial score (nSPS) is 10.5. The number of nitrogens with zero attached hydrogens (tertiary/aromatic N) is 1. The van der Waals surface area contributed by atoms with Crippen molar-refractivity contribution < 1.29 is 4.79 Å². The van der Waals surface area contributed by atoms with E-state index in [1.165, 1.54) is 16.9 Å². The second-order valence-corrected chi connectivity index (χ2v) is 7.49. The van der Waals surface area contributed by atoms with Gasteiger partial charge in [-0.2, -0.15) is 0 Å². The number of carbonyl (C=O) groups is 1. The van der Waals surface area contributed by atoms with E-state index in [2.05, 4.69) is 15.6 Å². The minimum Gasteiger partial charge on any atom is -0.332 e. The van der Waals surface area contributed by atoms with E-state index in [-0.39, 0.29) is 5.91 Å². The molecule has 0 saturated carbocycles. The molecular weight excluding hydrogens is 350 g/mol. The van der Waals surface area contributed by atoms with Gasteiger partial charge in [0.2, 0.25) is 0 Å². The molecule has 0 radical (unpaired) electrons. The summed E-state index contributed by atoms with van der Waals surface area (Å²) in [7, 11) is 0. The lowest BCUT2D eigenvalue weighted by molar-refractivity contribution is 0.103. The molecule has 0 fully saturated rings. The summed E-state index contributed by atoms with van der Waals surface area (Å²) in [5.74, 6) is -0.134. The summed E-state index contributed by atoms with van der Waals surface area (Å²) >= 11 is 3.00. The predicted octanol–water partition coefficient (Wildman–Crippen LogP) is 5.48. The maximum atomic E-state index is 12.6. The van der Waals surface area contributed by atoms with E-state index in [9.17, 15) is 4.79 Å². The molecule has 128 valence electrons. The molecule has 0 aliphatic rings. The number of amides is 1. The molecule has 3 rings (SSSR count). The first-order chi connectivity index (χ1) is 12.0. The fraction of sp³-hybridized carbons (Fsp3) is 0.158. The highest BCUT2D eigenvalue weighted by molar-refractivity contribution is 7.98. The van der Waals surface area contributed by atoms with Crippen molar-refractivity contribution in [3.05, 3.63) is 64.7 Å². The number of benzene rings is 2. The summed E-state index contributed by atoms with van der Waals surface area (Å²) in [6.45, 7) is 3.89. The Morgan fingerprint density at radius 2 is 1.84 bits per heavy atom. The van der Waals surface area contributed by atoms with Crippen LogP contribution in [0.4, 0.5) is 16.5 Å². The van der Waals surface area contributed by atoms with Crippen molar-refractivity contribution >= 4 is 45.5 Å². The van der Waals surface area contributed by atoms with Crippen molar-refractivity contribution in [1.82, 2.24) is 4.98 Å². The molecule has 2 N–H and O–H groups in total.